The van der Waals surface area contributed by atoms with Gasteiger partial charge < -0.3 is 0 Å². The van der Waals surface area contributed by atoms with Crippen molar-refractivity contribution in [1.29, 1.82) is 0 Å². The molecular weight excluding hydrogens is 192 g/mol. The van der Waals surface area contributed by atoms with Crippen LogP contribution in [0.25, 0.3) is 0 Å². The maximum atomic E-state index is 2.45. The fraction of sp³-hybridized carbons (Fsp3) is 0.375. The molecule has 0 aliphatic heterocycles. The van der Waals surface area contributed by atoms with Gasteiger partial charge in [-0.05, 0) is 24.0 Å². The van der Waals surface area contributed by atoms with Gasteiger partial charge in [0.2, 0.25) is 0 Å². The van der Waals surface area contributed by atoms with E-state index in [9.17, 15) is 0 Å². The Hall–Kier alpha value is -1.30. The Kier molecular flexibility index (Phi) is 2.07. The number of hydrogen-bond donors (Lipinski definition) is 0. The van der Waals surface area contributed by atoms with Crippen LogP contribution in [-0.2, 0) is 0 Å². The lowest BCUT2D eigenvalue weighted by atomic mass is 9.89. The molecule has 0 aromatic rings. The first kappa shape index (κ1) is 9.89. The molecule has 0 saturated heterocycles. The quantitative estimate of drug-likeness (QED) is 0.558. The van der Waals surface area contributed by atoms with E-state index in [-0.39, 0.29) is 5.41 Å². The highest BCUT2D eigenvalue weighted by Gasteiger charge is 2.31. The van der Waals surface area contributed by atoms with Gasteiger partial charge in [0.25, 0.3) is 0 Å². The second kappa shape index (κ2) is 3.35. The minimum Gasteiger partial charge on any atom is -0.0836 e. The Morgan fingerprint density at radius 3 is 2.94 bits per heavy atom. The van der Waals surface area contributed by atoms with Gasteiger partial charge in [-0.15, -0.1) is 0 Å². The second-order valence-electron chi connectivity index (χ2n) is 5.61. The van der Waals surface area contributed by atoms with E-state index in [1.54, 1.807) is 16.7 Å². The van der Waals surface area contributed by atoms with Gasteiger partial charge in [-0.2, -0.15) is 0 Å². The topological polar surface area (TPSA) is 0 Å². The van der Waals surface area contributed by atoms with Crippen LogP contribution in [0.2, 0.25) is 0 Å². The molecule has 0 heteroatoms. The van der Waals surface area contributed by atoms with Gasteiger partial charge in [0.05, 0.1) is 0 Å². The fourth-order valence-corrected chi connectivity index (χ4v) is 2.98. The van der Waals surface area contributed by atoms with Crippen LogP contribution < -0.4 is 0 Å². The van der Waals surface area contributed by atoms with Gasteiger partial charge in [-0.25, -0.2) is 0 Å². The van der Waals surface area contributed by atoms with E-state index >= 15 is 0 Å². The average Bonchev–Trinajstić information content (AvgIpc) is 2.48. The summed E-state index contributed by atoms with van der Waals surface area (Å²) in [5.41, 5.74) is 4.91. The molecule has 3 aliphatic rings. The van der Waals surface area contributed by atoms with Crippen LogP contribution in [0.4, 0.5) is 0 Å². The highest BCUT2D eigenvalue weighted by Crippen LogP contribution is 2.46. The van der Waals surface area contributed by atoms with Crippen LogP contribution in [0.3, 0.4) is 0 Å². The highest BCUT2D eigenvalue weighted by atomic mass is 14.4. The van der Waals surface area contributed by atoms with E-state index in [1.807, 2.05) is 0 Å². The number of rotatable bonds is 0. The average molecular weight is 210 g/mol. The summed E-state index contributed by atoms with van der Waals surface area (Å²) in [6.45, 7) is 4.56. The predicted octanol–water partition coefficient (Wildman–Crippen LogP) is 4.34. The first-order chi connectivity index (χ1) is 7.66. The molecule has 0 bridgehead atoms. The lowest BCUT2D eigenvalue weighted by Crippen LogP contribution is -2.02. The van der Waals surface area contributed by atoms with E-state index in [1.165, 1.54) is 6.42 Å². The van der Waals surface area contributed by atoms with Crippen molar-refractivity contribution in [2.24, 2.45) is 11.3 Å². The first-order valence-electron chi connectivity index (χ1n) is 6.13. The zero-order valence-corrected chi connectivity index (χ0v) is 10.0. The predicted molar refractivity (Wildman–Crippen MR) is 69.0 cm³/mol. The minimum atomic E-state index is 0.203. The van der Waals surface area contributed by atoms with Crippen LogP contribution in [0.1, 0.15) is 26.7 Å². The number of hydrogen-bond acceptors (Lipinski definition) is 0. The molecule has 0 spiro atoms. The number of fused-ring (bicyclic) bond motifs is 3. The van der Waals surface area contributed by atoms with Crippen molar-refractivity contribution in [1.82, 2.24) is 0 Å². The highest BCUT2D eigenvalue weighted by molar-refractivity contribution is 5.53. The Balaban J connectivity index is 2.06. The van der Waals surface area contributed by atoms with Crippen molar-refractivity contribution in [3.63, 3.8) is 0 Å². The minimum absolute atomic E-state index is 0.203. The monoisotopic (exact) mass is 210 g/mol. The molecule has 1 unspecified atom stereocenters. The molecule has 0 aromatic carbocycles. The molecule has 0 aromatic heterocycles. The lowest BCUT2D eigenvalue weighted by Gasteiger charge is -2.15. The summed E-state index contributed by atoms with van der Waals surface area (Å²) >= 11 is 0. The van der Waals surface area contributed by atoms with E-state index in [2.05, 4.69) is 56.4 Å². The van der Waals surface area contributed by atoms with Crippen molar-refractivity contribution >= 4 is 0 Å². The molecule has 0 heterocycles. The van der Waals surface area contributed by atoms with Crippen LogP contribution in [0.15, 0.2) is 59.3 Å². The molecular formula is C16H18. The molecule has 16 heavy (non-hydrogen) atoms. The smallest absolute Gasteiger partial charge is 0.00919 e. The molecule has 1 fully saturated rings. The zero-order chi connectivity index (χ0) is 11.2. The standard InChI is InChI=1S/C16H18/c1-16(2)9-5-8-15-13(11-16)10-12-6-3-4-7-14(12)15/h3-6,8-9,11,14H,7,10H2,1-2H3. The summed E-state index contributed by atoms with van der Waals surface area (Å²) in [6.07, 6.45) is 18.5. The molecule has 0 amide bonds. The summed E-state index contributed by atoms with van der Waals surface area (Å²) in [6, 6.07) is 0. The van der Waals surface area contributed by atoms with Gasteiger partial charge in [0.1, 0.15) is 0 Å². The molecule has 1 saturated carbocycles. The van der Waals surface area contributed by atoms with Gasteiger partial charge >= 0.3 is 0 Å². The van der Waals surface area contributed by atoms with E-state index in [0.717, 1.165) is 6.42 Å². The van der Waals surface area contributed by atoms with Crippen molar-refractivity contribution in [3.8, 4) is 0 Å². The summed E-state index contributed by atoms with van der Waals surface area (Å²) in [5, 5.41) is 0. The van der Waals surface area contributed by atoms with Gasteiger partial charge in [-0.3, -0.25) is 0 Å². The molecule has 82 valence electrons. The molecule has 3 rings (SSSR count). The molecule has 3 aliphatic carbocycles. The molecule has 1 atom stereocenters. The van der Waals surface area contributed by atoms with Crippen LogP contribution in [-0.4, -0.2) is 0 Å². The summed E-state index contributed by atoms with van der Waals surface area (Å²) in [5.74, 6) is 0.662. The molecule has 0 radical (unpaired) electrons. The Labute approximate surface area is 97.7 Å². The third kappa shape index (κ3) is 1.53. The molecule has 0 nitrogen and oxygen atoms in total. The summed E-state index contributed by atoms with van der Waals surface area (Å²) in [4.78, 5) is 0. The van der Waals surface area contributed by atoms with Crippen LogP contribution in [0, 0.1) is 11.3 Å². The maximum Gasteiger partial charge on any atom is 0.00919 e. The second-order valence-corrected chi connectivity index (χ2v) is 5.61. The lowest BCUT2D eigenvalue weighted by molar-refractivity contribution is 0.622. The largest absolute Gasteiger partial charge is 0.0836 e. The molecule has 0 N–H and O–H groups in total. The zero-order valence-electron chi connectivity index (χ0n) is 10.0. The fourth-order valence-electron chi connectivity index (χ4n) is 2.98. The third-order valence-electron chi connectivity index (χ3n) is 3.75. The van der Waals surface area contributed by atoms with Gasteiger partial charge in [0, 0.05) is 11.3 Å². The van der Waals surface area contributed by atoms with Crippen LogP contribution in [0.5, 0.6) is 0 Å². The van der Waals surface area contributed by atoms with Gasteiger partial charge in [0.15, 0.2) is 0 Å². The Morgan fingerprint density at radius 1 is 1.19 bits per heavy atom. The normalized spacial score (nSPS) is 29.9. The van der Waals surface area contributed by atoms with Crippen molar-refractivity contribution in [3.05, 3.63) is 59.3 Å². The van der Waals surface area contributed by atoms with E-state index in [0.29, 0.717) is 5.92 Å². The number of allylic oxidation sites excluding steroid dienone is 10. The van der Waals surface area contributed by atoms with Gasteiger partial charge in [-0.1, -0.05) is 62.0 Å². The summed E-state index contributed by atoms with van der Waals surface area (Å²) < 4.78 is 0. The third-order valence-corrected chi connectivity index (χ3v) is 3.75. The Morgan fingerprint density at radius 2 is 2.06 bits per heavy atom. The van der Waals surface area contributed by atoms with Crippen LogP contribution >= 0.6 is 0 Å². The first-order valence-corrected chi connectivity index (χ1v) is 6.13. The van der Waals surface area contributed by atoms with Crippen molar-refractivity contribution in [2.75, 3.05) is 0 Å². The summed E-state index contributed by atoms with van der Waals surface area (Å²) in [7, 11) is 0. The van der Waals surface area contributed by atoms with E-state index in [4.69, 9.17) is 0 Å². The maximum absolute atomic E-state index is 2.45. The Bertz CT molecular complexity index is 464. The van der Waals surface area contributed by atoms with Crippen molar-refractivity contribution < 1.29 is 0 Å². The SMILES string of the molecule is CC1(C)C=CC=C2C(=C1)CC1=CC=CCC12. The van der Waals surface area contributed by atoms with E-state index < -0.39 is 0 Å². The van der Waals surface area contributed by atoms with Crippen molar-refractivity contribution in [2.45, 2.75) is 26.7 Å².